The van der Waals surface area contributed by atoms with Crippen molar-refractivity contribution < 1.29 is 9.90 Å². The maximum atomic E-state index is 10.9. The van der Waals surface area contributed by atoms with E-state index in [0.29, 0.717) is 6.42 Å². The minimum absolute atomic E-state index is 0.600. The highest BCUT2D eigenvalue weighted by Gasteiger charge is 2.25. The molecule has 0 heterocycles. The third-order valence-corrected chi connectivity index (χ3v) is 2.63. The first-order valence-corrected chi connectivity index (χ1v) is 5.78. The lowest BCUT2D eigenvalue weighted by Crippen LogP contribution is -2.22. The molecule has 2 nitrogen and oxygen atoms in total. The Labute approximate surface area is 99.1 Å². The highest BCUT2D eigenvalue weighted by atomic mass is 16.4. The van der Waals surface area contributed by atoms with Crippen LogP contribution in [0.25, 0.3) is 0 Å². The van der Waals surface area contributed by atoms with Gasteiger partial charge in [-0.2, -0.15) is 0 Å². The van der Waals surface area contributed by atoms with Crippen molar-refractivity contribution in [1.29, 1.82) is 0 Å². The maximum absolute atomic E-state index is 10.9. The number of carbonyl (C=O) groups is 1. The summed E-state index contributed by atoms with van der Waals surface area (Å²) in [5, 5.41) is 8.96. The van der Waals surface area contributed by atoms with Crippen molar-refractivity contribution in [1.82, 2.24) is 0 Å². The van der Waals surface area contributed by atoms with Gasteiger partial charge in [-0.25, -0.2) is 0 Å². The molecule has 0 aliphatic rings. The van der Waals surface area contributed by atoms with Gasteiger partial charge in [0.1, 0.15) is 0 Å². The molecule has 0 bridgehead atoms. The van der Waals surface area contributed by atoms with E-state index in [4.69, 9.17) is 5.11 Å². The number of hydrogen-bond donors (Lipinski definition) is 1. The van der Waals surface area contributed by atoms with Gasteiger partial charge in [0.05, 0.1) is 5.41 Å². The zero-order chi connectivity index (χ0) is 12.8. The molecule has 0 aromatic heterocycles. The van der Waals surface area contributed by atoms with Crippen molar-refractivity contribution in [3.63, 3.8) is 0 Å². The van der Waals surface area contributed by atoms with Gasteiger partial charge in [0, 0.05) is 0 Å². The molecule has 1 N–H and O–H groups in total. The molecular formula is C14H24O2. The van der Waals surface area contributed by atoms with E-state index in [1.165, 1.54) is 11.1 Å². The summed E-state index contributed by atoms with van der Waals surface area (Å²) in [6, 6.07) is 0. The number of aliphatic carboxylic acids is 1. The zero-order valence-electron chi connectivity index (χ0n) is 11.1. The van der Waals surface area contributed by atoms with Crippen LogP contribution < -0.4 is 0 Å². The summed E-state index contributed by atoms with van der Waals surface area (Å²) >= 11 is 0. The van der Waals surface area contributed by atoms with Crippen molar-refractivity contribution >= 4 is 5.97 Å². The Morgan fingerprint density at radius 3 is 2.19 bits per heavy atom. The Bertz CT molecular complexity index is 292. The summed E-state index contributed by atoms with van der Waals surface area (Å²) in [7, 11) is 0. The Morgan fingerprint density at radius 2 is 1.75 bits per heavy atom. The molecule has 2 heteroatoms. The summed E-state index contributed by atoms with van der Waals surface area (Å²) in [4.78, 5) is 10.9. The fourth-order valence-electron chi connectivity index (χ4n) is 1.21. The molecular weight excluding hydrogens is 200 g/mol. The first-order chi connectivity index (χ1) is 7.25. The van der Waals surface area contributed by atoms with E-state index >= 15 is 0 Å². The van der Waals surface area contributed by atoms with Crippen LogP contribution in [0.5, 0.6) is 0 Å². The van der Waals surface area contributed by atoms with Gasteiger partial charge in [-0.05, 0) is 53.9 Å². The number of carboxylic acids is 1. The number of carboxylic acid groups (broad SMARTS) is 1. The van der Waals surface area contributed by atoms with Gasteiger partial charge >= 0.3 is 5.97 Å². The minimum atomic E-state index is -0.735. The van der Waals surface area contributed by atoms with Crippen molar-refractivity contribution in [3.8, 4) is 0 Å². The topological polar surface area (TPSA) is 37.3 Å². The quantitative estimate of drug-likeness (QED) is 0.687. The Kier molecular flexibility index (Phi) is 6.09. The maximum Gasteiger partial charge on any atom is 0.309 e. The fraction of sp³-hybridized carbons (Fsp3) is 0.643. The Hall–Kier alpha value is -1.05. The predicted octanol–water partition coefficient (Wildman–Crippen LogP) is 4.18. The van der Waals surface area contributed by atoms with E-state index < -0.39 is 11.4 Å². The van der Waals surface area contributed by atoms with Crippen molar-refractivity contribution in [2.45, 2.75) is 53.9 Å². The van der Waals surface area contributed by atoms with Crippen LogP contribution in [0.15, 0.2) is 23.3 Å². The largest absolute Gasteiger partial charge is 0.481 e. The average molecular weight is 224 g/mol. The molecule has 0 unspecified atom stereocenters. The first kappa shape index (κ1) is 14.9. The monoisotopic (exact) mass is 224 g/mol. The van der Waals surface area contributed by atoms with Crippen LogP contribution in [-0.4, -0.2) is 11.1 Å². The van der Waals surface area contributed by atoms with E-state index in [9.17, 15) is 4.79 Å². The average Bonchev–Trinajstić information content (AvgIpc) is 2.14. The second-order valence-corrected chi connectivity index (χ2v) is 5.26. The summed E-state index contributed by atoms with van der Waals surface area (Å²) in [5.41, 5.74) is 1.95. The standard InChI is InChI=1S/C14H24O2/c1-11(2)7-6-8-12(3)9-10-14(4,5)13(15)16/h7,9H,6,8,10H2,1-5H3,(H,15,16)/b12-9-. The first-order valence-electron chi connectivity index (χ1n) is 5.78. The molecule has 0 aromatic carbocycles. The smallest absolute Gasteiger partial charge is 0.309 e. The number of hydrogen-bond acceptors (Lipinski definition) is 1. The van der Waals surface area contributed by atoms with Crippen LogP contribution in [0, 0.1) is 5.41 Å². The third kappa shape index (κ3) is 6.44. The van der Waals surface area contributed by atoms with Crippen LogP contribution in [0.1, 0.15) is 53.9 Å². The summed E-state index contributed by atoms with van der Waals surface area (Å²) < 4.78 is 0. The summed E-state index contributed by atoms with van der Waals surface area (Å²) in [6.07, 6.45) is 6.91. The van der Waals surface area contributed by atoms with Crippen molar-refractivity contribution in [2.75, 3.05) is 0 Å². The number of rotatable bonds is 6. The minimum Gasteiger partial charge on any atom is -0.481 e. The van der Waals surface area contributed by atoms with Gasteiger partial charge in [0.15, 0.2) is 0 Å². The Morgan fingerprint density at radius 1 is 1.19 bits per heavy atom. The molecule has 0 aliphatic carbocycles. The van der Waals surface area contributed by atoms with Crippen LogP contribution in [0.2, 0.25) is 0 Å². The van der Waals surface area contributed by atoms with E-state index in [1.54, 1.807) is 13.8 Å². The van der Waals surface area contributed by atoms with Crippen molar-refractivity contribution in [3.05, 3.63) is 23.3 Å². The van der Waals surface area contributed by atoms with Gasteiger partial charge in [-0.15, -0.1) is 0 Å². The molecule has 0 radical (unpaired) electrons. The lowest BCUT2D eigenvalue weighted by atomic mass is 9.88. The van der Waals surface area contributed by atoms with Gasteiger partial charge in [-0.3, -0.25) is 4.79 Å². The summed E-state index contributed by atoms with van der Waals surface area (Å²) in [5.74, 6) is -0.735. The SMILES string of the molecule is CC(C)=CCC/C(C)=C\CC(C)(C)C(=O)O. The molecule has 0 amide bonds. The van der Waals surface area contributed by atoms with Crippen LogP contribution in [0.3, 0.4) is 0 Å². The van der Waals surface area contributed by atoms with E-state index in [1.807, 2.05) is 6.08 Å². The molecule has 0 fully saturated rings. The molecule has 0 spiro atoms. The molecule has 16 heavy (non-hydrogen) atoms. The predicted molar refractivity (Wildman–Crippen MR) is 68.5 cm³/mol. The van der Waals surface area contributed by atoms with Crippen LogP contribution in [0.4, 0.5) is 0 Å². The molecule has 0 saturated heterocycles. The molecule has 0 aromatic rings. The van der Waals surface area contributed by atoms with Crippen LogP contribution >= 0.6 is 0 Å². The lowest BCUT2D eigenvalue weighted by Gasteiger charge is -2.16. The number of allylic oxidation sites excluding steroid dienone is 4. The zero-order valence-corrected chi connectivity index (χ0v) is 11.1. The fourth-order valence-corrected chi connectivity index (χ4v) is 1.21. The van der Waals surface area contributed by atoms with Crippen molar-refractivity contribution in [2.24, 2.45) is 5.41 Å². The van der Waals surface area contributed by atoms with Gasteiger partial charge < -0.3 is 5.11 Å². The molecule has 92 valence electrons. The van der Waals surface area contributed by atoms with Crippen LogP contribution in [-0.2, 0) is 4.79 Å². The lowest BCUT2D eigenvalue weighted by molar-refractivity contribution is -0.146. The van der Waals surface area contributed by atoms with E-state index in [-0.39, 0.29) is 0 Å². The van der Waals surface area contributed by atoms with E-state index in [2.05, 4.69) is 26.8 Å². The van der Waals surface area contributed by atoms with Gasteiger partial charge in [0.2, 0.25) is 0 Å². The van der Waals surface area contributed by atoms with Gasteiger partial charge in [0.25, 0.3) is 0 Å². The molecule has 0 aliphatic heterocycles. The Balaban J connectivity index is 4.15. The molecule has 0 rings (SSSR count). The highest BCUT2D eigenvalue weighted by Crippen LogP contribution is 2.22. The second kappa shape index (κ2) is 6.51. The highest BCUT2D eigenvalue weighted by molar-refractivity contribution is 5.73. The molecule has 0 saturated carbocycles. The normalized spacial score (nSPS) is 12.4. The van der Waals surface area contributed by atoms with Gasteiger partial charge in [-0.1, -0.05) is 23.3 Å². The molecule has 0 atom stereocenters. The third-order valence-electron chi connectivity index (χ3n) is 2.63. The second-order valence-electron chi connectivity index (χ2n) is 5.26. The van der Waals surface area contributed by atoms with E-state index in [0.717, 1.165) is 12.8 Å². The summed E-state index contributed by atoms with van der Waals surface area (Å²) in [6.45, 7) is 9.76.